The van der Waals surface area contributed by atoms with E-state index in [-0.39, 0.29) is 27.2 Å². The van der Waals surface area contributed by atoms with E-state index in [0.29, 0.717) is 5.75 Å². The Hall–Kier alpha value is -3.27. The second-order valence-electron chi connectivity index (χ2n) is 4.62. The van der Waals surface area contributed by atoms with E-state index >= 15 is 0 Å². The predicted octanol–water partition coefficient (Wildman–Crippen LogP) is 0.322. The van der Waals surface area contributed by atoms with Gasteiger partial charge in [-0.1, -0.05) is 17.7 Å². The van der Waals surface area contributed by atoms with E-state index < -0.39 is 10.9 Å². The number of benzene rings is 2. The van der Waals surface area contributed by atoms with Crippen molar-refractivity contribution in [1.29, 1.82) is 0 Å². The summed E-state index contributed by atoms with van der Waals surface area (Å²) in [4.78, 5) is 22.9. The van der Waals surface area contributed by atoms with Gasteiger partial charge in [0.05, 0.1) is 21.3 Å². The molecule has 0 saturated carbocycles. The van der Waals surface area contributed by atoms with Crippen LogP contribution in [-0.2, 0) is 0 Å². The number of aromatic amines is 1. The van der Waals surface area contributed by atoms with Crippen molar-refractivity contribution < 1.29 is 35.9 Å². The summed E-state index contributed by atoms with van der Waals surface area (Å²) in [6, 6.07) is 12.4. The zero-order valence-electron chi connectivity index (χ0n) is 13.1. The first-order valence-electron chi connectivity index (χ1n) is 6.64. The molecule has 0 atom stereocenters. The summed E-state index contributed by atoms with van der Waals surface area (Å²) < 4.78 is 0. The molecule has 0 amide bonds. The molecule has 0 saturated heterocycles. The van der Waals surface area contributed by atoms with E-state index in [1.165, 1.54) is 0 Å². The highest BCUT2D eigenvalue weighted by Gasteiger charge is 2.09. The number of hydrogen-bond acceptors (Lipinski definition) is 5. The number of para-hydroxylation sites is 1. The minimum atomic E-state index is -1.53. The lowest BCUT2D eigenvalue weighted by Crippen LogP contribution is -2.22. The lowest BCUT2D eigenvalue weighted by molar-refractivity contribution is -0.385. The number of nitrogens with one attached hydrogen (secondary N) is 1. The zero-order chi connectivity index (χ0) is 17.7. The molecule has 0 aliphatic carbocycles. The van der Waals surface area contributed by atoms with Gasteiger partial charge in [-0.2, -0.15) is 0 Å². The van der Waals surface area contributed by atoms with E-state index in [0.717, 1.165) is 29.1 Å². The lowest BCUT2D eigenvalue weighted by atomic mass is 10.2. The monoisotopic (exact) mass is 382 g/mol. The lowest BCUT2D eigenvalue weighted by Gasteiger charge is -2.03. The second-order valence-corrected chi connectivity index (χ2v) is 5.03. The molecule has 0 aliphatic heterocycles. The molecule has 6 N–H and O–H groups in total. The van der Waals surface area contributed by atoms with Gasteiger partial charge in [0.2, 0.25) is 0 Å². The number of H-pyrrole nitrogens is 1. The van der Waals surface area contributed by atoms with Crippen LogP contribution in [0.3, 0.4) is 0 Å². The molecule has 0 radical (unpaired) electrons. The van der Waals surface area contributed by atoms with Crippen LogP contribution in [0.5, 0.6) is 5.75 Å². The Kier molecular flexibility index (Phi) is 8.64. The number of carbonyl (C=O) groups is 1. The fourth-order valence-electron chi connectivity index (χ4n) is 1.92. The highest BCUT2D eigenvalue weighted by Crippen LogP contribution is 2.21. The predicted molar refractivity (Wildman–Crippen MR) is 91.8 cm³/mol. The Bertz CT molecular complexity index is 913. The second kappa shape index (κ2) is 9.89. The number of carboxylic acids is 1. The Morgan fingerprint density at radius 1 is 1.12 bits per heavy atom. The third-order valence-electron chi connectivity index (χ3n) is 3.06. The first-order valence-corrected chi connectivity index (χ1v) is 7.01. The number of aromatic nitrogens is 1. The van der Waals surface area contributed by atoms with Crippen molar-refractivity contribution >= 4 is 34.2 Å². The Morgan fingerprint density at radius 2 is 1.77 bits per heavy atom. The highest BCUT2D eigenvalue weighted by molar-refractivity contribution is 6.33. The van der Waals surface area contributed by atoms with Crippen LogP contribution >= 0.6 is 11.6 Å². The molecular weight excluding hydrogens is 368 g/mol. The number of phenols is 1. The third-order valence-corrected chi connectivity index (χ3v) is 3.38. The molecule has 10 heteroatoms. The molecule has 0 bridgehead atoms. The number of nitrogens with zero attached hydrogens (tertiary/aromatic N) is 1. The molecule has 1 heterocycles. The Balaban J connectivity index is 0.000000450. The van der Waals surface area contributed by atoms with Crippen molar-refractivity contribution in [2.75, 3.05) is 0 Å². The number of carboxylic acid groups (broad SMARTS) is 1. The number of halogens is 1. The summed E-state index contributed by atoms with van der Waals surface area (Å²) in [5.41, 5.74) is 0.0782. The Labute approximate surface area is 151 Å². The maximum absolute atomic E-state index is 10.4. The van der Waals surface area contributed by atoms with Crippen molar-refractivity contribution in [2.45, 2.75) is 0 Å². The number of phenolic OH excluding ortho intramolecular Hbond substituents is 1. The number of fused-ring (bicyclic) bond motifs is 1. The minimum Gasteiger partial charge on any atom is -0.545 e. The zero-order valence-corrected chi connectivity index (χ0v) is 13.9. The third kappa shape index (κ3) is 5.38. The highest BCUT2D eigenvalue weighted by atomic mass is 35.5. The van der Waals surface area contributed by atoms with Crippen molar-refractivity contribution in [3.63, 3.8) is 0 Å². The summed E-state index contributed by atoms with van der Waals surface area (Å²) in [7, 11) is 0. The van der Waals surface area contributed by atoms with Crippen LogP contribution < -0.4 is 10.1 Å². The smallest absolute Gasteiger partial charge is 0.270 e. The van der Waals surface area contributed by atoms with Crippen LogP contribution in [0.2, 0.25) is 5.02 Å². The maximum atomic E-state index is 10.4. The number of rotatable bonds is 2. The van der Waals surface area contributed by atoms with Crippen LogP contribution in [0.1, 0.15) is 10.4 Å². The molecule has 0 fully saturated rings. The van der Waals surface area contributed by atoms with Gasteiger partial charge in [0, 0.05) is 23.8 Å². The van der Waals surface area contributed by atoms with Crippen LogP contribution in [0.25, 0.3) is 10.9 Å². The number of non-ortho nitro benzene ring substituents is 1. The summed E-state index contributed by atoms with van der Waals surface area (Å²) in [6.07, 6.45) is 1.79. The van der Waals surface area contributed by atoms with Gasteiger partial charge in [0.1, 0.15) is 0 Å². The van der Waals surface area contributed by atoms with Crippen molar-refractivity contribution in [1.82, 2.24) is 0 Å². The molecule has 0 unspecified atom stereocenters. The first kappa shape index (κ1) is 22.7. The van der Waals surface area contributed by atoms with Crippen LogP contribution in [0.4, 0.5) is 5.69 Å². The van der Waals surface area contributed by atoms with Gasteiger partial charge < -0.3 is 26.0 Å². The van der Waals surface area contributed by atoms with Gasteiger partial charge in [-0.15, -0.1) is 0 Å². The number of nitro groups is 1. The molecule has 1 aromatic heterocycles. The maximum Gasteiger partial charge on any atom is 0.270 e. The SMILES string of the molecule is O.O.O=C([O-])c1cc([N+](=O)[O-])ccc1Cl.Oc1cccc2ccc[nH+]c12. The molecule has 0 spiro atoms. The van der Waals surface area contributed by atoms with Gasteiger partial charge in [-0.3, -0.25) is 10.1 Å². The van der Waals surface area contributed by atoms with E-state index in [2.05, 4.69) is 4.98 Å². The fraction of sp³-hybridized carbons (Fsp3) is 0. The molecule has 9 nitrogen and oxygen atoms in total. The number of nitro benzene ring substituents is 1. The van der Waals surface area contributed by atoms with Crippen molar-refractivity contribution in [2.24, 2.45) is 0 Å². The van der Waals surface area contributed by atoms with Crippen LogP contribution in [-0.4, -0.2) is 27.0 Å². The van der Waals surface area contributed by atoms with Gasteiger partial charge in [-0.25, -0.2) is 4.98 Å². The summed E-state index contributed by atoms with van der Waals surface area (Å²) in [5.74, 6) is -1.24. The Morgan fingerprint density at radius 3 is 2.35 bits per heavy atom. The number of pyridine rings is 1. The molecule has 0 aliphatic rings. The van der Waals surface area contributed by atoms with Crippen LogP contribution in [0, 0.1) is 10.1 Å². The fourth-order valence-corrected chi connectivity index (χ4v) is 2.11. The molecule has 3 aromatic rings. The molecule has 2 aromatic carbocycles. The van der Waals surface area contributed by atoms with E-state index in [1.807, 2.05) is 24.3 Å². The van der Waals surface area contributed by atoms with Crippen molar-refractivity contribution in [3.8, 4) is 5.75 Å². The van der Waals surface area contributed by atoms with Gasteiger partial charge >= 0.3 is 0 Å². The summed E-state index contributed by atoms with van der Waals surface area (Å²) in [5, 5.41) is 30.9. The molecular formula is C16H15ClN2O7. The molecule has 3 rings (SSSR count). The minimum absolute atomic E-state index is 0. The van der Waals surface area contributed by atoms with Gasteiger partial charge in [0.25, 0.3) is 11.2 Å². The van der Waals surface area contributed by atoms with Gasteiger partial charge in [-0.05, 0) is 24.3 Å². The van der Waals surface area contributed by atoms with Gasteiger partial charge in [0.15, 0.2) is 11.9 Å². The average Bonchev–Trinajstić information content (AvgIpc) is 2.56. The number of carbonyl (C=O) groups excluding carboxylic acids is 1. The molecule has 26 heavy (non-hydrogen) atoms. The first-order chi connectivity index (χ1) is 11.4. The summed E-state index contributed by atoms with van der Waals surface area (Å²) in [6.45, 7) is 0. The largest absolute Gasteiger partial charge is 0.545 e. The summed E-state index contributed by atoms with van der Waals surface area (Å²) >= 11 is 5.45. The average molecular weight is 383 g/mol. The van der Waals surface area contributed by atoms with E-state index in [9.17, 15) is 25.1 Å². The molecule has 138 valence electrons. The van der Waals surface area contributed by atoms with E-state index in [4.69, 9.17) is 11.6 Å². The normalized spacial score (nSPS) is 9.12. The number of hydrogen-bond donors (Lipinski definition) is 1. The van der Waals surface area contributed by atoms with Crippen molar-refractivity contribution in [3.05, 3.63) is 75.4 Å². The standard InChI is InChI=1S/C9H7NO.C7H4ClNO4.2H2O/c11-8-5-1-3-7-4-2-6-10-9(7)8;8-6-2-1-4(9(12)13)3-5(6)7(10)11;;/h1-6,11H;1-3H,(H,10,11);2*1H2. The quantitative estimate of drug-likeness (QED) is 0.493. The number of aromatic hydroxyl groups is 1. The van der Waals surface area contributed by atoms with Crippen LogP contribution in [0.15, 0.2) is 54.7 Å². The van der Waals surface area contributed by atoms with E-state index in [1.54, 1.807) is 12.3 Å². The topological polar surface area (TPSA) is 181 Å². The number of aromatic carboxylic acids is 1.